The van der Waals surface area contributed by atoms with Crippen molar-refractivity contribution < 1.29 is 25.8 Å². The first kappa shape index (κ1) is 39.1. The minimum Gasteiger partial charge on any atom is -0.503 e. The summed E-state index contributed by atoms with van der Waals surface area (Å²) in [5.74, 6) is 2.00. The van der Waals surface area contributed by atoms with E-state index in [0.29, 0.717) is 11.5 Å². The van der Waals surface area contributed by atoms with Crippen LogP contribution in [0.3, 0.4) is 0 Å². The fourth-order valence-corrected chi connectivity index (χ4v) is 9.98. The maximum absolute atomic E-state index is 6.72. The van der Waals surface area contributed by atoms with E-state index in [4.69, 9.17) is 14.7 Å². The minimum absolute atomic E-state index is 0. The third-order valence-corrected chi connectivity index (χ3v) is 12.9. The second kappa shape index (κ2) is 14.8. The molecule has 0 aliphatic rings. The SMILES string of the molecule is CC(C)(C)c1ccnc(-n2c3[c-]c(Oc4[c-]c(-c5nc6cccc7c8cccc9c%10ccccc%10n(c%10ccccc%10c%10ccccc%10c5n67)c98)ccc4)ccc3c3ccccc32)c1.[Pt+2]. The van der Waals surface area contributed by atoms with E-state index in [-0.39, 0.29) is 26.5 Å². The molecule has 0 bridgehead atoms. The number of benzene rings is 7. The Balaban J connectivity index is 0.00000444. The van der Waals surface area contributed by atoms with Crippen molar-refractivity contribution in [2.45, 2.75) is 26.2 Å². The second-order valence-electron chi connectivity index (χ2n) is 17.7. The van der Waals surface area contributed by atoms with Crippen LogP contribution in [-0.4, -0.2) is 23.3 Å². The number of ether oxygens (including phenoxy) is 1. The zero-order valence-electron chi connectivity index (χ0n) is 35.8. The Labute approximate surface area is 388 Å². The molecule has 0 amide bonds. The van der Waals surface area contributed by atoms with E-state index in [9.17, 15) is 0 Å². The minimum atomic E-state index is -0.0327. The van der Waals surface area contributed by atoms with Gasteiger partial charge >= 0.3 is 21.1 Å². The van der Waals surface area contributed by atoms with Crippen LogP contribution in [0.2, 0.25) is 0 Å². The van der Waals surface area contributed by atoms with Crippen molar-refractivity contribution in [1.29, 1.82) is 0 Å². The normalized spacial score (nSPS) is 12.1. The summed E-state index contributed by atoms with van der Waals surface area (Å²) in [6.45, 7) is 6.68. The van der Waals surface area contributed by atoms with Gasteiger partial charge < -0.3 is 18.1 Å². The van der Waals surface area contributed by atoms with E-state index in [1.165, 1.54) is 21.9 Å². The average Bonchev–Trinajstić information content (AvgIpc) is 3.99. The van der Waals surface area contributed by atoms with Crippen molar-refractivity contribution in [3.8, 4) is 28.6 Å². The number of nitrogens with zero attached hydrogens (tertiary/aromatic N) is 5. The summed E-state index contributed by atoms with van der Waals surface area (Å²) in [4.78, 5) is 10.3. The van der Waals surface area contributed by atoms with Gasteiger partial charge in [0.2, 0.25) is 0 Å². The van der Waals surface area contributed by atoms with Gasteiger partial charge in [-0.05, 0) is 69.6 Å². The number of aromatic nitrogens is 5. The summed E-state index contributed by atoms with van der Waals surface area (Å²) < 4.78 is 13.7. The summed E-state index contributed by atoms with van der Waals surface area (Å²) in [6, 6.07) is 69.5. The number of para-hydroxylation sites is 4. The Morgan fingerprint density at radius 3 is 1.82 bits per heavy atom. The Morgan fingerprint density at radius 1 is 0.477 bits per heavy atom. The number of rotatable bonds is 4. The van der Waals surface area contributed by atoms with E-state index in [0.717, 1.165) is 88.1 Å². The van der Waals surface area contributed by atoms with Crippen LogP contribution in [0.15, 0.2) is 182 Å². The van der Waals surface area contributed by atoms with E-state index >= 15 is 0 Å². The van der Waals surface area contributed by atoms with Crippen LogP contribution < -0.4 is 4.74 Å². The second-order valence-corrected chi connectivity index (χ2v) is 17.7. The summed E-state index contributed by atoms with van der Waals surface area (Å²) >= 11 is 0. The van der Waals surface area contributed by atoms with E-state index < -0.39 is 0 Å². The van der Waals surface area contributed by atoms with Crippen molar-refractivity contribution >= 4 is 87.4 Å². The van der Waals surface area contributed by atoms with Gasteiger partial charge in [-0.2, -0.15) is 6.07 Å². The summed E-state index contributed by atoms with van der Waals surface area (Å²) in [5.41, 5.74) is 11.2. The zero-order valence-corrected chi connectivity index (χ0v) is 38.1. The molecule has 0 atom stereocenters. The van der Waals surface area contributed by atoms with Crippen molar-refractivity contribution in [2.75, 3.05) is 0 Å². The standard InChI is InChI=1S/C58H39N5O.Pt/c1-58(2,3)37-31-32-59-54(34-37)61-48-24-9-7-19-42(48)44-30-29-39(35-52(44)61)64-38-16-12-15-36(33-38)55-57-45-21-5-4-17-40(45)41-18-6-10-25-49(41)62-50-26-11-8-20-43(50)46-22-13-23-47(56(46)62)51-27-14-28-53(60-55)63(51)57;/h4-32,34H,1-3H3;/q-2;+2. The molecule has 0 aliphatic heterocycles. The topological polar surface area (TPSA) is 48.8 Å². The molecule has 0 spiro atoms. The third kappa shape index (κ3) is 5.97. The van der Waals surface area contributed by atoms with Gasteiger partial charge in [-0.15, -0.1) is 41.3 Å². The summed E-state index contributed by atoms with van der Waals surface area (Å²) in [6.07, 6.45) is 1.90. The number of fused-ring (bicyclic) bond motifs is 12. The molecular weight excluding hydrogens is 978 g/mol. The number of pyridine rings is 2. The van der Waals surface area contributed by atoms with Crippen LogP contribution in [0.1, 0.15) is 26.3 Å². The quantitative estimate of drug-likeness (QED) is 0.165. The first-order chi connectivity index (χ1) is 31.4. The molecule has 312 valence electrons. The third-order valence-electron chi connectivity index (χ3n) is 12.9. The molecule has 0 radical (unpaired) electrons. The van der Waals surface area contributed by atoms with Crippen LogP contribution in [0.4, 0.5) is 0 Å². The molecule has 0 fully saturated rings. The molecule has 7 aromatic carbocycles. The Kier molecular flexibility index (Phi) is 8.88. The van der Waals surface area contributed by atoms with Gasteiger partial charge in [0.05, 0.1) is 22.1 Å². The van der Waals surface area contributed by atoms with Crippen LogP contribution >= 0.6 is 0 Å². The fourth-order valence-electron chi connectivity index (χ4n) is 9.98. The molecule has 0 unspecified atom stereocenters. The summed E-state index contributed by atoms with van der Waals surface area (Å²) in [5, 5.41) is 9.11. The number of imidazole rings is 1. The molecule has 0 N–H and O–H groups in total. The maximum atomic E-state index is 6.72. The molecular formula is C58H39N5OPt. The molecule has 6 heterocycles. The van der Waals surface area contributed by atoms with Crippen LogP contribution in [0.5, 0.6) is 11.5 Å². The van der Waals surface area contributed by atoms with E-state index in [1.54, 1.807) is 0 Å². The smallest absolute Gasteiger partial charge is 0.503 e. The monoisotopic (exact) mass is 1020 g/mol. The maximum Gasteiger partial charge on any atom is 2.00 e. The van der Waals surface area contributed by atoms with Crippen molar-refractivity contribution in [1.82, 2.24) is 23.3 Å². The van der Waals surface area contributed by atoms with Gasteiger partial charge in [0.15, 0.2) is 0 Å². The Bertz CT molecular complexity index is 4110. The zero-order chi connectivity index (χ0) is 42.7. The first-order valence-electron chi connectivity index (χ1n) is 21.8. The molecule has 13 rings (SSSR count). The molecule has 0 saturated carbocycles. The van der Waals surface area contributed by atoms with Crippen LogP contribution in [0, 0.1) is 12.1 Å². The first-order valence-corrected chi connectivity index (χ1v) is 21.8. The van der Waals surface area contributed by atoms with Gasteiger partial charge in [-0.3, -0.25) is 4.98 Å². The summed E-state index contributed by atoms with van der Waals surface area (Å²) in [7, 11) is 0. The number of hydrogen-bond acceptors (Lipinski definition) is 3. The average molecular weight is 1020 g/mol. The van der Waals surface area contributed by atoms with Gasteiger partial charge in [0, 0.05) is 56.0 Å². The van der Waals surface area contributed by atoms with E-state index in [2.05, 4.69) is 204 Å². The number of hydrogen-bond donors (Lipinski definition) is 0. The molecule has 6 nitrogen and oxygen atoms in total. The van der Waals surface area contributed by atoms with Crippen molar-refractivity contribution in [3.63, 3.8) is 0 Å². The molecule has 7 heteroatoms. The van der Waals surface area contributed by atoms with Gasteiger partial charge in [-0.1, -0.05) is 135 Å². The van der Waals surface area contributed by atoms with Gasteiger partial charge in [0.25, 0.3) is 0 Å². The molecule has 6 aromatic heterocycles. The molecule has 13 aromatic rings. The fraction of sp³-hybridized carbons (Fsp3) is 0.0690. The van der Waals surface area contributed by atoms with Crippen molar-refractivity contribution in [3.05, 3.63) is 200 Å². The molecule has 0 saturated heterocycles. The predicted octanol–water partition coefficient (Wildman–Crippen LogP) is 14.8. The van der Waals surface area contributed by atoms with Gasteiger partial charge in [-0.25, -0.2) is 4.98 Å². The Hall–Kier alpha value is -7.53. The van der Waals surface area contributed by atoms with Gasteiger partial charge in [0.1, 0.15) is 11.5 Å². The van der Waals surface area contributed by atoms with Crippen molar-refractivity contribution in [2.24, 2.45) is 0 Å². The Morgan fingerprint density at radius 2 is 1.05 bits per heavy atom. The molecule has 0 aliphatic carbocycles. The largest absolute Gasteiger partial charge is 2.00 e. The van der Waals surface area contributed by atoms with E-state index in [1.807, 2.05) is 24.4 Å². The predicted molar refractivity (Wildman–Crippen MR) is 263 cm³/mol. The molecule has 65 heavy (non-hydrogen) atoms. The van der Waals surface area contributed by atoms with Crippen LogP contribution in [0.25, 0.3) is 104 Å². The van der Waals surface area contributed by atoms with Crippen LogP contribution in [-0.2, 0) is 26.5 Å².